The third kappa shape index (κ3) is 3.40. The number of nitrogens with zero attached hydrogens (tertiary/aromatic N) is 3. The number of hydrogen-bond acceptors (Lipinski definition) is 4. The minimum atomic E-state index is -0.160. The molecule has 2 aromatic rings. The minimum absolute atomic E-state index is 0.149. The molecule has 7 heteroatoms. The second-order valence-corrected chi connectivity index (χ2v) is 5.76. The number of ether oxygens (including phenoxy) is 1. The van der Waals surface area contributed by atoms with Crippen molar-refractivity contribution >= 4 is 6.03 Å². The van der Waals surface area contributed by atoms with Crippen LogP contribution in [0.5, 0.6) is 5.75 Å². The van der Waals surface area contributed by atoms with Gasteiger partial charge in [0.2, 0.25) is 0 Å². The van der Waals surface area contributed by atoms with Gasteiger partial charge in [-0.25, -0.2) is 9.48 Å². The van der Waals surface area contributed by atoms with E-state index in [2.05, 4.69) is 10.4 Å². The molecule has 2 heterocycles. The Morgan fingerprint density at radius 3 is 3.00 bits per heavy atom. The van der Waals surface area contributed by atoms with Gasteiger partial charge < -0.3 is 15.0 Å². The highest BCUT2D eigenvalue weighted by Gasteiger charge is 2.22. The molecule has 0 unspecified atom stereocenters. The smallest absolute Gasteiger partial charge is 0.317 e. The van der Waals surface area contributed by atoms with Crippen molar-refractivity contribution in [2.75, 3.05) is 13.7 Å². The molecule has 0 saturated heterocycles. The molecule has 0 fully saturated rings. The second-order valence-electron chi connectivity index (χ2n) is 5.76. The number of hydrogen-bond donors (Lipinski definition) is 1. The Balaban J connectivity index is 1.63. The maximum Gasteiger partial charge on any atom is 0.317 e. The summed E-state index contributed by atoms with van der Waals surface area (Å²) >= 11 is 0. The molecule has 7 nitrogen and oxygen atoms in total. The van der Waals surface area contributed by atoms with Crippen molar-refractivity contribution in [3.8, 4) is 5.75 Å². The number of urea groups is 1. The maximum atomic E-state index is 12.4. The van der Waals surface area contributed by atoms with Crippen molar-refractivity contribution in [2.45, 2.75) is 19.5 Å². The van der Waals surface area contributed by atoms with Gasteiger partial charge in [-0.1, -0.05) is 12.1 Å². The summed E-state index contributed by atoms with van der Waals surface area (Å²) in [6.45, 7) is 1.42. The Hall–Kier alpha value is -2.83. The zero-order chi connectivity index (χ0) is 17.1. The van der Waals surface area contributed by atoms with Crippen LogP contribution < -0.4 is 15.6 Å². The van der Waals surface area contributed by atoms with Crippen molar-refractivity contribution < 1.29 is 9.53 Å². The number of amides is 2. The van der Waals surface area contributed by atoms with Crippen LogP contribution in [0.15, 0.2) is 35.1 Å². The zero-order valence-electron chi connectivity index (χ0n) is 13.8. The van der Waals surface area contributed by atoms with E-state index < -0.39 is 0 Å². The maximum absolute atomic E-state index is 12.4. The molecule has 0 aliphatic carbocycles. The van der Waals surface area contributed by atoms with Gasteiger partial charge in [-0.15, -0.1) is 0 Å². The van der Waals surface area contributed by atoms with Gasteiger partial charge in [0.15, 0.2) is 0 Å². The Bertz CT molecular complexity index is 816. The van der Waals surface area contributed by atoms with E-state index in [1.807, 2.05) is 24.3 Å². The normalized spacial score (nSPS) is 13.3. The minimum Gasteiger partial charge on any atom is -0.497 e. The molecule has 0 spiro atoms. The Labute approximate surface area is 139 Å². The van der Waals surface area contributed by atoms with Crippen LogP contribution in [0.3, 0.4) is 0 Å². The molecule has 24 heavy (non-hydrogen) atoms. The van der Waals surface area contributed by atoms with Crippen molar-refractivity contribution in [2.24, 2.45) is 7.05 Å². The van der Waals surface area contributed by atoms with Gasteiger partial charge in [-0.05, 0) is 17.7 Å². The van der Waals surface area contributed by atoms with E-state index in [0.717, 1.165) is 22.6 Å². The van der Waals surface area contributed by atoms with Gasteiger partial charge in [0.25, 0.3) is 5.56 Å². The van der Waals surface area contributed by atoms with Crippen LogP contribution >= 0.6 is 0 Å². The summed E-state index contributed by atoms with van der Waals surface area (Å²) in [6.07, 6.45) is 0.649. The Morgan fingerprint density at radius 1 is 1.38 bits per heavy atom. The fourth-order valence-corrected chi connectivity index (χ4v) is 2.74. The number of carbonyl (C=O) groups excluding carboxylic acids is 1. The first-order valence-corrected chi connectivity index (χ1v) is 7.78. The molecular weight excluding hydrogens is 308 g/mol. The summed E-state index contributed by atoms with van der Waals surface area (Å²) in [5.41, 5.74) is 2.51. The summed E-state index contributed by atoms with van der Waals surface area (Å²) < 4.78 is 6.51. The molecular formula is C17H20N4O3. The number of aromatic nitrogens is 2. The highest BCUT2D eigenvalue weighted by molar-refractivity contribution is 5.74. The Kier molecular flexibility index (Phi) is 4.50. The molecule has 1 N–H and O–H groups in total. The van der Waals surface area contributed by atoms with Crippen LogP contribution in [0.25, 0.3) is 0 Å². The second kappa shape index (κ2) is 6.74. The third-order valence-corrected chi connectivity index (χ3v) is 4.10. The molecule has 0 bridgehead atoms. The van der Waals surface area contributed by atoms with Crippen molar-refractivity contribution in [1.29, 1.82) is 0 Å². The van der Waals surface area contributed by atoms with Gasteiger partial charge in [0.1, 0.15) is 5.75 Å². The summed E-state index contributed by atoms with van der Waals surface area (Å²) in [5, 5.41) is 7.16. The lowest BCUT2D eigenvalue weighted by Gasteiger charge is -2.28. The van der Waals surface area contributed by atoms with E-state index in [4.69, 9.17) is 4.74 Å². The fourth-order valence-electron chi connectivity index (χ4n) is 2.74. The summed E-state index contributed by atoms with van der Waals surface area (Å²) in [5.74, 6) is 0.760. The molecule has 0 atom stereocenters. The Morgan fingerprint density at radius 2 is 2.21 bits per heavy atom. The summed E-state index contributed by atoms with van der Waals surface area (Å²) in [4.78, 5) is 25.8. The van der Waals surface area contributed by atoms with E-state index in [9.17, 15) is 9.59 Å². The highest BCUT2D eigenvalue weighted by Crippen LogP contribution is 2.16. The third-order valence-electron chi connectivity index (χ3n) is 4.10. The average molecular weight is 328 g/mol. The SMILES string of the molecule is COc1cccc(CNC(=O)N2CCc3nn(C)c(=O)cc3C2)c1. The monoisotopic (exact) mass is 328 g/mol. The van der Waals surface area contributed by atoms with E-state index in [0.29, 0.717) is 26.1 Å². The van der Waals surface area contributed by atoms with Crippen LogP contribution in [0.2, 0.25) is 0 Å². The molecule has 3 rings (SSSR count). The summed E-state index contributed by atoms with van der Waals surface area (Å²) in [7, 11) is 3.25. The molecule has 126 valence electrons. The first-order chi connectivity index (χ1) is 11.6. The highest BCUT2D eigenvalue weighted by atomic mass is 16.5. The van der Waals surface area contributed by atoms with Crippen LogP contribution in [-0.2, 0) is 26.6 Å². The van der Waals surface area contributed by atoms with Crippen LogP contribution in [0, 0.1) is 0 Å². The van der Waals surface area contributed by atoms with E-state index >= 15 is 0 Å². The predicted molar refractivity (Wildman–Crippen MR) is 88.8 cm³/mol. The van der Waals surface area contributed by atoms with Crippen molar-refractivity contribution in [1.82, 2.24) is 20.0 Å². The average Bonchev–Trinajstić information content (AvgIpc) is 2.60. The zero-order valence-corrected chi connectivity index (χ0v) is 13.8. The first kappa shape index (κ1) is 16.0. The number of carbonyl (C=O) groups is 1. The van der Waals surface area contributed by atoms with Crippen LogP contribution in [0.1, 0.15) is 16.8 Å². The van der Waals surface area contributed by atoms with Crippen molar-refractivity contribution in [3.05, 3.63) is 57.5 Å². The number of methoxy groups -OCH3 is 1. The standard InChI is InChI=1S/C17H20N4O3/c1-20-16(22)9-13-11-21(7-6-15(13)19-20)17(23)18-10-12-4-3-5-14(8-12)24-2/h3-5,8-9H,6-7,10-11H2,1-2H3,(H,18,23). The molecule has 2 amide bonds. The number of nitrogens with one attached hydrogen (secondary N) is 1. The lowest BCUT2D eigenvalue weighted by Crippen LogP contribution is -2.43. The van der Waals surface area contributed by atoms with Crippen LogP contribution in [0.4, 0.5) is 4.79 Å². The lowest BCUT2D eigenvalue weighted by molar-refractivity contribution is 0.191. The number of fused-ring (bicyclic) bond motifs is 1. The van der Waals surface area contributed by atoms with Crippen molar-refractivity contribution in [3.63, 3.8) is 0 Å². The molecule has 0 saturated carbocycles. The number of benzene rings is 1. The molecule has 1 aromatic heterocycles. The topological polar surface area (TPSA) is 76.5 Å². The quantitative estimate of drug-likeness (QED) is 0.914. The summed E-state index contributed by atoms with van der Waals surface area (Å²) in [6, 6.07) is 8.98. The number of rotatable bonds is 3. The number of aryl methyl sites for hydroxylation is 1. The predicted octanol–water partition coefficient (Wildman–Crippen LogP) is 1.06. The van der Waals surface area contributed by atoms with E-state index in [1.165, 1.54) is 4.68 Å². The molecule has 1 aliphatic rings. The van der Waals surface area contributed by atoms with Gasteiger partial charge in [0, 0.05) is 44.7 Å². The van der Waals surface area contributed by atoms with Gasteiger partial charge in [-0.2, -0.15) is 5.10 Å². The van der Waals surface area contributed by atoms with E-state index in [1.54, 1.807) is 25.1 Å². The van der Waals surface area contributed by atoms with Gasteiger partial charge in [0.05, 0.1) is 12.8 Å². The molecule has 1 aromatic carbocycles. The molecule has 0 radical (unpaired) electrons. The van der Waals surface area contributed by atoms with E-state index in [-0.39, 0.29) is 11.6 Å². The van der Waals surface area contributed by atoms with Gasteiger partial charge >= 0.3 is 6.03 Å². The first-order valence-electron chi connectivity index (χ1n) is 7.78. The van der Waals surface area contributed by atoms with Crippen LogP contribution in [-0.4, -0.2) is 34.4 Å². The van der Waals surface area contributed by atoms with Gasteiger partial charge in [-0.3, -0.25) is 4.79 Å². The lowest BCUT2D eigenvalue weighted by atomic mass is 10.1. The fraction of sp³-hybridized carbons (Fsp3) is 0.353. The largest absolute Gasteiger partial charge is 0.497 e. The molecule has 1 aliphatic heterocycles.